The SMILES string of the molecule is CC(C)N(Cc1nc(C(=O)NC2CC2)cs1)C(=O)Nc1ccc(Cl)c(Cl)c1. The van der Waals surface area contributed by atoms with Gasteiger partial charge < -0.3 is 15.5 Å². The van der Waals surface area contributed by atoms with Crippen molar-refractivity contribution in [3.8, 4) is 0 Å². The summed E-state index contributed by atoms with van der Waals surface area (Å²) in [6.45, 7) is 4.15. The monoisotopic (exact) mass is 426 g/mol. The number of rotatable bonds is 6. The predicted molar refractivity (Wildman–Crippen MR) is 109 cm³/mol. The van der Waals surface area contributed by atoms with Gasteiger partial charge in [-0.15, -0.1) is 11.3 Å². The van der Waals surface area contributed by atoms with Gasteiger partial charge in [-0.25, -0.2) is 9.78 Å². The Labute approximate surface area is 171 Å². The summed E-state index contributed by atoms with van der Waals surface area (Å²) in [7, 11) is 0. The average Bonchev–Trinajstić information content (AvgIpc) is 3.29. The molecule has 2 N–H and O–H groups in total. The Kier molecular flexibility index (Phi) is 6.24. The third-order valence-corrected chi connectivity index (χ3v) is 5.63. The molecule has 1 aliphatic carbocycles. The number of carbonyl (C=O) groups excluding carboxylic acids is 2. The van der Waals surface area contributed by atoms with E-state index in [0.29, 0.717) is 33.0 Å². The minimum Gasteiger partial charge on any atom is -0.348 e. The number of urea groups is 1. The molecule has 3 amide bonds. The van der Waals surface area contributed by atoms with E-state index in [2.05, 4.69) is 15.6 Å². The Morgan fingerprint density at radius 2 is 2.04 bits per heavy atom. The summed E-state index contributed by atoms with van der Waals surface area (Å²) in [5.41, 5.74) is 0.958. The van der Waals surface area contributed by atoms with Gasteiger partial charge in [0.15, 0.2) is 0 Å². The second-order valence-corrected chi connectivity index (χ2v) is 8.41. The fraction of sp³-hybridized carbons (Fsp3) is 0.389. The van der Waals surface area contributed by atoms with Crippen LogP contribution in [0.4, 0.5) is 10.5 Å². The minimum absolute atomic E-state index is 0.0552. The molecular formula is C18H20Cl2N4O2S. The van der Waals surface area contributed by atoms with E-state index in [0.717, 1.165) is 12.8 Å². The smallest absolute Gasteiger partial charge is 0.322 e. The van der Waals surface area contributed by atoms with Crippen molar-refractivity contribution >= 4 is 52.2 Å². The fourth-order valence-electron chi connectivity index (χ4n) is 2.38. The molecule has 1 aromatic heterocycles. The Morgan fingerprint density at radius 3 is 2.67 bits per heavy atom. The van der Waals surface area contributed by atoms with Crippen molar-refractivity contribution in [1.29, 1.82) is 0 Å². The maximum atomic E-state index is 12.7. The lowest BCUT2D eigenvalue weighted by Gasteiger charge is -2.26. The number of hydrogen-bond acceptors (Lipinski definition) is 4. The van der Waals surface area contributed by atoms with Crippen LogP contribution in [0.3, 0.4) is 0 Å². The molecule has 1 saturated carbocycles. The van der Waals surface area contributed by atoms with E-state index in [1.54, 1.807) is 28.5 Å². The van der Waals surface area contributed by atoms with Gasteiger partial charge >= 0.3 is 6.03 Å². The highest BCUT2D eigenvalue weighted by atomic mass is 35.5. The van der Waals surface area contributed by atoms with Crippen LogP contribution in [0.1, 0.15) is 42.2 Å². The fourth-order valence-corrected chi connectivity index (χ4v) is 3.45. The molecule has 0 atom stereocenters. The number of thiazole rings is 1. The van der Waals surface area contributed by atoms with Gasteiger partial charge in [0.05, 0.1) is 16.6 Å². The average molecular weight is 427 g/mol. The van der Waals surface area contributed by atoms with E-state index in [9.17, 15) is 9.59 Å². The molecule has 0 aliphatic heterocycles. The van der Waals surface area contributed by atoms with Crippen molar-refractivity contribution in [1.82, 2.24) is 15.2 Å². The molecule has 0 spiro atoms. The molecule has 27 heavy (non-hydrogen) atoms. The van der Waals surface area contributed by atoms with Crippen LogP contribution in [0.2, 0.25) is 10.0 Å². The lowest BCUT2D eigenvalue weighted by molar-refractivity contribution is 0.0946. The summed E-state index contributed by atoms with van der Waals surface area (Å²) in [5, 5.41) is 8.96. The van der Waals surface area contributed by atoms with Crippen LogP contribution in [0.25, 0.3) is 0 Å². The van der Waals surface area contributed by atoms with Crippen LogP contribution in [-0.4, -0.2) is 33.9 Å². The molecule has 1 aliphatic rings. The van der Waals surface area contributed by atoms with Crippen LogP contribution >= 0.6 is 34.5 Å². The number of carbonyl (C=O) groups is 2. The summed E-state index contributed by atoms with van der Waals surface area (Å²) in [4.78, 5) is 30.8. The molecule has 0 saturated heterocycles. The summed E-state index contributed by atoms with van der Waals surface area (Å²) in [6, 6.07) is 4.87. The second-order valence-electron chi connectivity index (χ2n) is 6.65. The van der Waals surface area contributed by atoms with Crippen molar-refractivity contribution in [2.24, 2.45) is 0 Å². The normalized spacial score (nSPS) is 13.5. The van der Waals surface area contributed by atoms with Gasteiger partial charge in [-0.1, -0.05) is 23.2 Å². The predicted octanol–water partition coefficient (Wildman–Crippen LogP) is 4.78. The topological polar surface area (TPSA) is 74.3 Å². The Balaban J connectivity index is 1.66. The van der Waals surface area contributed by atoms with Crippen LogP contribution in [-0.2, 0) is 6.54 Å². The van der Waals surface area contributed by atoms with Crippen molar-refractivity contribution in [2.75, 3.05) is 5.32 Å². The highest BCUT2D eigenvalue weighted by molar-refractivity contribution is 7.09. The second kappa shape index (κ2) is 8.46. The lowest BCUT2D eigenvalue weighted by atomic mass is 10.3. The van der Waals surface area contributed by atoms with Gasteiger partial charge in [-0.2, -0.15) is 0 Å². The molecule has 2 aromatic rings. The first-order chi connectivity index (χ1) is 12.8. The van der Waals surface area contributed by atoms with E-state index in [1.807, 2.05) is 13.8 Å². The third kappa shape index (κ3) is 5.34. The summed E-state index contributed by atoms with van der Waals surface area (Å²) < 4.78 is 0. The van der Waals surface area contributed by atoms with Gasteiger partial charge in [-0.05, 0) is 44.9 Å². The van der Waals surface area contributed by atoms with Crippen molar-refractivity contribution in [3.63, 3.8) is 0 Å². The molecule has 1 heterocycles. The molecule has 6 nitrogen and oxygen atoms in total. The number of halogens is 2. The van der Waals surface area contributed by atoms with Crippen LogP contribution in [0, 0.1) is 0 Å². The zero-order chi connectivity index (χ0) is 19.6. The number of nitrogens with one attached hydrogen (secondary N) is 2. The van der Waals surface area contributed by atoms with Gasteiger partial charge in [-0.3, -0.25) is 4.79 Å². The Morgan fingerprint density at radius 1 is 1.30 bits per heavy atom. The first-order valence-electron chi connectivity index (χ1n) is 8.61. The molecule has 1 aromatic carbocycles. The van der Waals surface area contributed by atoms with Gasteiger partial charge in [0.1, 0.15) is 10.7 Å². The van der Waals surface area contributed by atoms with Gasteiger partial charge in [0, 0.05) is 23.2 Å². The zero-order valence-electron chi connectivity index (χ0n) is 15.0. The van der Waals surface area contributed by atoms with Crippen LogP contribution in [0.5, 0.6) is 0 Å². The number of hydrogen-bond donors (Lipinski definition) is 2. The molecule has 0 radical (unpaired) electrons. The molecule has 0 unspecified atom stereocenters. The molecule has 144 valence electrons. The maximum Gasteiger partial charge on any atom is 0.322 e. The molecule has 3 rings (SSSR count). The molecule has 1 fully saturated rings. The minimum atomic E-state index is -0.275. The van der Waals surface area contributed by atoms with Crippen LogP contribution < -0.4 is 10.6 Å². The van der Waals surface area contributed by atoms with Crippen molar-refractivity contribution in [2.45, 2.75) is 45.3 Å². The van der Waals surface area contributed by atoms with Gasteiger partial charge in [0.25, 0.3) is 5.91 Å². The standard InChI is InChI=1S/C18H20Cl2N4O2S/c1-10(2)24(18(26)22-12-5-6-13(19)14(20)7-12)8-16-23-15(9-27-16)17(25)21-11-3-4-11/h5-7,9-11H,3-4,8H2,1-2H3,(H,21,25)(H,22,26). The highest BCUT2D eigenvalue weighted by Gasteiger charge is 2.25. The Bertz CT molecular complexity index is 852. The first-order valence-corrected chi connectivity index (χ1v) is 10.2. The number of benzene rings is 1. The first kappa shape index (κ1) is 19.9. The molecule has 0 bridgehead atoms. The van der Waals surface area contributed by atoms with E-state index >= 15 is 0 Å². The van der Waals surface area contributed by atoms with Crippen molar-refractivity contribution in [3.05, 3.63) is 44.3 Å². The number of aromatic nitrogens is 1. The summed E-state index contributed by atoms with van der Waals surface area (Å²) in [5.74, 6) is -0.156. The Hall–Kier alpha value is -1.83. The highest BCUT2D eigenvalue weighted by Crippen LogP contribution is 2.25. The lowest BCUT2D eigenvalue weighted by Crippen LogP contribution is -2.39. The number of amides is 3. The van der Waals surface area contributed by atoms with E-state index < -0.39 is 0 Å². The van der Waals surface area contributed by atoms with Gasteiger partial charge in [0.2, 0.25) is 0 Å². The summed E-state index contributed by atoms with van der Waals surface area (Å²) in [6.07, 6.45) is 2.05. The third-order valence-electron chi connectivity index (χ3n) is 4.06. The maximum absolute atomic E-state index is 12.7. The number of nitrogens with zero attached hydrogens (tertiary/aromatic N) is 2. The van der Waals surface area contributed by atoms with E-state index in [-0.39, 0.29) is 24.0 Å². The van der Waals surface area contributed by atoms with E-state index in [1.165, 1.54) is 11.3 Å². The zero-order valence-corrected chi connectivity index (χ0v) is 17.3. The molecular weight excluding hydrogens is 407 g/mol. The van der Waals surface area contributed by atoms with Crippen molar-refractivity contribution < 1.29 is 9.59 Å². The molecule has 9 heteroatoms. The quantitative estimate of drug-likeness (QED) is 0.697. The van der Waals surface area contributed by atoms with E-state index in [4.69, 9.17) is 23.2 Å². The summed E-state index contributed by atoms with van der Waals surface area (Å²) >= 11 is 13.3. The van der Waals surface area contributed by atoms with Crippen LogP contribution in [0.15, 0.2) is 23.6 Å². The number of anilines is 1. The largest absolute Gasteiger partial charge is 0.348 e.